The Hall–Kier alpha value is -2.55. The van der Waals surface area contributed by atoms with Crippen molar-refractivity contribution in [2.24, 2.45) is 0 Å². The number of nitrogens with one attached hydrogen (secondary N) is 2. The highest BCUT2D eigenvalue weighted by Gasteiger charge is 2.13. The molecule has 0 aliphatic carbocycles. The van der Waals surface area contributed by atoms with Gasteiger partial charge in [0.2, 0.25) is 5.91 Å². The number of benzene rings is 1. The van der Waals surface area contributed by atoms with Crippen molar-refractivity contribution >= 4 is 29.3 Å². The summed E-state index contributed by atoms with van der Waals surface area (Å²) in [6, 6.07) is 6.83. The van der Waals surface area contributed by atoms with Gasteiger partial charge in [0.1, 0.15) is 0 Å². The Balaban J connectivity index is 1.93. The summed E-state index contributed by atoms with van der Waals surface area (Å²) in [6.45, 7) is 7.71. The van der Waals surface area contributed by atoms with E-state index in [1.54, 1.807) is 29.2 Å². The molecule has 0 bridgehead atoms. The first-order valence-electron chi connectivity index (χ1n) is 8.97. The molecule has 8 nitrogen and oxygen atoms in total. The van der Waals surface area contributed by atoms with E-state index in [1.165, 1.54) is 16.3 Å². The van der Waals surface area contributed by atoms with Crippen molar-refractivity contribution in [1.29, 1.82) is 0 Å². The highest BCUT2D eigenvalue weighted by Crippen LogP contribution is 2.16. The third-order valence-electron chi connectivity index (χ3n) is 3.97. The summed E-state index contributed by atoms with van der Waals surface area (Å²) in [6.07, 6.45) is 0.803. The van der Waals surface area contributed by atoms with Crippen molar-refractivity contribution in [3.63, 3.8) is 0 Å². The van der Waals surface area contributed by atoms with Gasteiger partial charge in [-0.15, -0.1) is 5.10 Å². The molecule has 1 heterocycles. The number of nitrogens with zero attached hydrogens (tertiary/aromatic N) is 3. The van der Waals surface area contributed by atoms with E-state index in [1.807, 2.05) is 20.8 Å². The maximum atomic E-state index is 12.3. The van der Waals surface area contributed by atoms with E-state index in [0.717, 1.165) is 6.42 Å². The van der Waals surface area contributed by atoms with Crippen molar-refractivity contribution in [1.82, 2.24) is 19.7 Å². The monoisotopic (exact) mass is 391 g/mol. The molecule has 0 atom stereocenters. The molecule has 0 saturated carbocycles. The molecule has 2 rings (SSSR count). The van der Waals surface area contributed by atoms with Gasteiger partial charge in [-0.1, -0.05) is 18.7 Å². The van der Waals surface area contributed by atoms with Crippen LogP contribution in [-0.4, -0.2) is 50.3 Å². The van der Waals surface area contributed by atoms with Gasteiger partial charge in [-0.3, -0.25) is 14.2 Å². The summed E-state index contributed by atoms with van der Waals surface area (Å²) >= 11 is 1.20. The van der Waals surface area contributed by atoms with E-state index in [2.05, 4.69) is 15.5 Å². The number of carbonyl (C=O) groups is 2. The number of thioether (sulfide) groups is 1. The summed E-state index contributed by atoms with van der Waals surface area (Å²) < 4.78 is 1.52. The summed E-state index contributed by atoms with van der Waals surface area (Å²) in [7, 11) is 0. The molecule has 0 spiro atoms. The van der Waals surface area contributed by atoms with Crippen molar-refractivity contribution in [3.8, 4) is 0 Å². The predicted molar refractivity (Wildman–Crippen MR) is 106 cm³/mol. The summed E-state index contributed by atoms with van der Waals surface area (Å²) in [5, 5.41) is 9.62. The normalized spacial score (nSPS) is 10.6. The minimum atomic E-state index is -0.270. The Labute approximate surface area is 162 Å². The van der Waals surface area contributed by atoms with Gasteiger partial charge in [0.15, 0.2) is 5.16 Å². The van der Waals surface area contributed by atoms with E-state index < -0.39 is 0 Å². The average molecular weight is 391 g/mol. The van der Waals surface area contributed by atoms with E-state index >= 15 is 0 Å². The van der Waals surface area contributed by atoms with E-state index in [0.29, 0.717) is 36.0 Å². The highest BCUT2D eigenvalue weighted by molar-refractivity contribution is 7.99. The van der Waals surface area contributed by atoms with E-state index in [4.69, 9.17) is 0 Å². The van der Waals surface area contributed by atoms with E-state index in [-0.39, 0.29) is 23.3 Å². The third kappa shape index (κ3) is 5.46. The molecule has 0 radical (unpaired) electrons. The fourth-order valence-electron chi connectivity index (χ4n) is 2.55. The van der Waals surface area contributed by atoms with Crippen LogP contribution in [0.3, 0.4) is 0 Å². The number of aromatic nitrogens is 3. The molecular weight excluding hydrogens is 366 g/mol. The number of amides is 2. The number of carbonyl (C=O) groups excluding carboxylic acids is 2. The Morgan fingerprint density at radius 3 is 2.44 bits per heavy atom. The predicted octanol–water partition coefficient (Wildman–Crippen LogP) is 2.19. The van der Waals surface area contributed by atoms with Gasteiger partial charge in [0, 0.05) is 30.9 Å². The van der Waals surface area contributed by atoms with Crippen LogP contribution >= 0.6 is 11.8 Å². The number of H-pyrrole nitrogens is 1. The summed E-state index contributed by atoms with van der Waals surface area (Å²) in [5.41, 5.74) is 0.934. The lowest BCUT2D eigenvalue weighted by atomic mass is 10.2. The van der Waals surface area contributed by atoms with Crippen LogP contribution in [0.4, 0.5) is 5.69 Å². The largest absolute Gasteiger partial charge is 0.343 e. The van der Waals surface area contributed by atoms with Crippen molar-refractivity contribution in [2.75, 3.05) is 24.2 Å². The maximum Gasteiger partial charge on any atom is 0.343 e. The topological polar surface area (TPSA) is 100 Å². The second kappa shape index (κ2) is 9.96. The lowest BCUT2D eigenvalue weighted by molar-refractivity contribution is -0.113. The van der Waals surface area contributed by atoms with Gasteiger partial charge < -0.3 is 10.2 Å². The van der Waals surface area contributed by atoms with Crippen molar-refractivity contribution in [2.45, 2.75) is 38.9 Å². The first-order valence-corrected chi connectivity index (χ1v) is 9.95. The standard InChI is InChI=1S/C18H25N5O3S/c1-4-11-23-17(26)20-21-18(23)27-12-15(24)19-14-9-7-13(8-10-14)16(25)22(5-2)6-3/h7-10H,4-6,11-12H2,1-3H3,(H,19,24)(H,20,26). The smallest absolute Gasteiger partial charge is 0.339 e. The Bertz CT molecular complexity index is 824. The van der Waals surface area contributed by atoms with Crippen LogP contribution in [0.15, 0.2) is 34.2 Å². The zero-order chi connectivity index (χ0) is 19.8. The Morgan fingerprint density at radius 1 is 1.19 bits per heavy atom. The number of rotatable bonds is 9. The molecule has 27 heavy (non-hydrogen) atoms. The van der Waals surface area contributed by atoms with Crippen LogP contribution in [-0.2, 0) is 11.3 Å². The molecule has 0 unspecified atom stereocenters. The molecule has 146 valence electrons. The van der Waals surface area contributed by atoms with Gasteiger partial charge in [-0.2, -0.15) is 0 Å². The number of aromatic amines is 1. The number of hydrogen-bond donors (Lipinski definition) is 2. The van der Waals surface area contributed by atoms with Crippen LogP contribution in [0.2, 0.25) is 0 Å². The van der Waals surface area contributed by atoms with Gasteiger partial charge in [0.05, 0.1) is 5.75 Å². The quantitative estimate of drug-likeness (QED) is 0.638. The molecule has 0 saturated heterocycles. The van der Waals surface area contributed by atoms with Gasteiger partial charge in [0.25, 0.3) is 5.91 Å². The van der Waals surface area contributed by atoms with Crippen LogP contribution in [0.1, 0.15) is 37.6 Å². The molecule has 1 aromatic heterocycles. The fraction of sp³-hybridized carbons (Fsp3) is 0.444. The van der Waals surface area contributed by atoms with Crippen molar-refractivity contribution < 1.29 is 9.59 Å². The van der Waals surface area contributed by atoms with Gasteiger partial charge in [-0.05, 0) is 44.5 Å². The van der Waals surface area contributed by atoms with Crippen LogP contribution in [0, 0.1) is 0 Å². The zero-order valence-electron chi connectivity index (χ0n) is 15.8. The molecule has 0 aliphatic heterocycles. The average Bonchev–Trinajstić information content (AvgIpc) is 3.02. The van der Waals surface area contributed by atoms with Crippen LogP contribution in [0.25, 0.3) is 0 Å². The fourth-order valence-corrected chi connectivity index (χ4v) is 3.32. The first kappa shape index (κ1) is 20.8. The highest BCUT2D eigenvalue weighted by atomic mass is 32.2. The lowest BCUT2D eigenvalue weighted by Crippen LogP contribution is -2.30. The number of hydrogen-bond acceptors (Lipinski definition) is 5. The second-order valence-corrected chi connectivity index (χ2v) is 6.80. The van der Waals surface area contributed by atoms with Crippen LogP contribution < -0.4 is 11.0 Å². The molecule has 2 aromatic rings. The van der Waals surface area contributed by atoms with Crippen molar-refractivity contribution in [3.05, 3.63) is 40.3 Å². The SMILES string of the molecule is CCCn1c(SCC(=O)Nc2ccc(C(=O)N(CC)CC)cc2)n[nH]c1=O. The Morgan fingerprint density at radius 2 is 1.85 bits per heavy atom. The van der Waals surface area contributed by atoms with E-state index in [9.17, 15) is 14.4 Å². The summed E-state index contributed by atoms with van der Waals surface area (Å²) in [5.74, 6) is -0.101. The molecule has 2 amide bonds. The number of anilines is 1. The molecule has 9 heteroatoms. The Kier molecular flexibility index (Phi) is 7.66. The molecule has 1 aromatic carbocycles. The zero-order valence-corrected chi connectivity index (χ0v) is 16.6. The molecular formula is C18H25N5O3S. The maximum absolute atomic E-state index is 12.3. The lowest BCUT2D eigenvalue weighted by Gasteiger charge is -2.18. The molecule has 0 fully saturated rings. The minimum Gasteiger partial charge on any atom is -0.339 e. The summed E-state index contributed by atoms with van der Waals surface area (Å²) in [4.78, 5) is 37.8. The van der Waals surface area contributed by atoms with Crippen LogP contribution in [0.5, 0.6) is 0 Å². The second-order valence-electron chi connectivity index (χ2n) is 5.85. The van der Waals surface area contributed by atoms with Gasteiger partial charge >= 0.3 is 5.69 Å². The molecule has 2 N–H and O–H groups in total. The molecule has 0 aliphatic rings. The first-order chi connectivity index (χ1) is 13.0. The third-order valence-corrected chi connectivity index (χ3v) is 4.95. The van der Waals surface area contributed by atoms with Gasteiger partial charge in [-0.25, -0.2) is 9.89 Å². The minimum absolute atomic E-state index is 0.0270.